The summed E-state index contributed by atoms with van der Waals surface area (Å²) in [5, 5.41) is 5.50. The Bertz CT molecular complexity index is 1470. The summed E-state index contributed by atoms with van der Waals surface area (Å²) in [5.74, 6) is -0.234. The molecule has 0 aliphatic carbocycles. The number of anilines is 1. The molecule has 0 N–H and O–H groups in total. The second-order valence-corrected chi connectivity index (χ2v) is 9.87. The lowest BCUT2D eigenvalue weighted by Crippen LogP contribution is -2.46. The zero-order valence-electron chi connectivity index (χ0n) is 20.0. The molecule has 7 nitrogen and oxygen atoms in total. The molecule has 4 heterocycles. The number of hydrogen-bond acceptors (Lipinski definition) is 6. The highest BCUT2D eigenvalue weighted by atomic mass is 32.2. The van der Waals surface area contributed by atoms with Crippen LogP contribution in [0.15, 0.2) is 82.8 Å². The van der Waals surface area contributed by atoms with Crippen molar-refractivity contribution in [2.24, 2.45) is 4.99 Å². The number of thioether (sulfide) groups is 1. The summed E-state index contributed by atoms with van der Waals surface area (Å²) in [4.78, 5) is 26.8. The molecular formula is C28H26N6OS. The molecule has 0 bridgehead atoms. The summed E-state index contributed by atoms with van der Waals surface area (Å²) in [6, 6.07) is 22.2. The first-order chi connectivity index (χ1) is 17.7. The monoisotopic (exact) mass is 494 g/mol. The van der Waals surface area contributed by atoms with E-state index in [1.165, 1.54) is 17.4 Å². The molecule has 2 aromatic carbocycles. The van der Waals surface area contributed by atoms with Crippen molar-refractivity contribution >= 4 is 40.1 Å². The van der Waals surface area contributed by atoms with Crippen LogP contribution in [0.1, 0.15) is 18.2 Å². The molecule has 0 saturated carbocycles. The highest BCUT2D eigenvalue weighted by Gasteiger charge is 2.23. The maximum absolute atomic E-state index is 12.5. The fourth-order valence-corrected chi connectivity index (χ4v) is 5.48. The maximum atomic E-state index is 12.5. The van der Waals surface area contributed by atoms with E-state index in [2.05, 4.69) is 51.0 Å². The molecule has 4 aromatic rings. The third kappa shape index (κ3) is 4.45. The van der Waals surface area contributed by atoms with Gasteiger partial charge in [-0.2, -0.15) is 5.10 Å². The third-order valence-corrected chi connectivity index (χ3v) is 7.68. The van der Waals surface area contributed by atoms with Crippen LogP contribution in [0.4, 0.5) is 5.69 Å². The van der Waals surface area contributed by atoms with E-state index in [4.69, 9.17) is 5.10 Å². The van der Waals surface area contributed by atoms with Crippen molar-refractivity contribution in [3.8, 4) is 11.3 Å². The number of likely N-dealkylation sites (N-methyl/N-ethyl adjacent to an activating group) is 1. The van der Waals surface area contributed by atoms with Crippen molar-refractivity contribution < 1.29 is 4.79 Å². The molecule has 2 aromatic heterocycles. The van der Waals surface area contributed by atoms with Gasteiger partial charge in [0.05, 0.1) is 22.5 Å². The second kappa shape index (κ2) is 9.72. The number of imidazole rings is 1. The Labute approximate surface area is 214 Å². The van der Waals surface area contributed by atoms with Gasteiger partial charge in [0.2, 0.25) is 0 Å². The molecule has 36 heavy (non-hydrogen) atoms. The van der Waals surface area contributed by atoms with Crippen LogP contribution < -0.4 is 4.90 Å². The number of rotatable bonds is 5. The molecule has 0 spiro atoms. The van der Waals surface area contributed by atoms with Gasteiger partial charge < -0.3 is 9.80 Å². The lowest BCUT2D eigenvalue weighted by molar-refractivity contribution is -0.113. The Morgan fingerprint density at radius 2 is 1.69 bits per heavy atom. The van der Waals surface area contributed by atoms with E-state index >= 15 is 0 Å². The van der Waals surface area contributed by atoms with Crippen LogP contribution in [-0.2, 0) is 4.79 Å². The van der Waals surface area contributed by atoms with Gasteiger partial charge in [-0.3, -0.25) is 4.79 Å². The molecule has 0 atom stereocenters. The molecule has 0 radical (unpaired) electrons. The number of amides is 1. The Balaban J connectivity index is 1.23. The Morgan fingerprint density at radius 1 is 0.917 bits per heavy atom. The molecular weight excluding hydrogens is 468 g/mol. The predicted molar refractivity (Wildman–Crippen MR) is 146 cm³/mol. The van der Waals surface area contributed by atoms with Crippen molar-refractivity contribution in [3.63, 3.8) is 0 Å². The summed E-state index contributed by atoms with van der Waals surface area (Å²) in [6.07, 6.45) is 3.65. The van der Waals surface area contributed by atoms with Gasteiger partial charge in [-0.05, 0) is 36.9 Å². The van der Waals surface area contributed by atoms with E-state index in [0.717, 1.165) is 55.2 Å². The van der Waals surface area contributed by atoms with Crippen molar-refractivity contribution in [3.05, 3.63) is 89.1 Å². The highest BCUT2D eigenvalue weighted by molar-refractivity contribution is 8.19. The van der Waals surface area contributed by atoms with Gasteiger partial charge in [-0.25, -0.2) is 14.5 Å². The highest BCUT2D eigenvalue weighted by Crippen LogP contribution is 2.32. The van der Waals surface area contributed by atoms with E-state index in [-0.39, 0.29) is 5.91 Å². The molecule has 0 unspecified atom stereocenters. The predicted octanol–water partition coefficient (Wildman–Crippen LogP) is 4.60. The van der Waals surface area contributed by atoms with Crippen LogP contribution in [0.5, 0.6) is 0 Å². The Kier molecular flexibility index (Phi) is 6.13. The quantitative estimate of drug-likeness (QED) is 0.378. The minimum atomic E-state index is -0.234. The molecule has 1 fully saturated rings. The fourth-order valence-electron chi connectivity index (χ4n) is 4.57. The van der Waals surface area contributed by atoms with Gasteiger partial charge in [0.25, 0.3) is 5.91 Å². The smallest absolute Gasteiger partial charge is 0.284 e. The van der Waals surface area contributed by atoms with E-state index in [1.807, 2.05) is 53.2 Å². The maximum Gasteiger partial charge on any atom is 0.284 e. The van der Waals surface area contributed by atoms with Crippen molar-refractivity contribution in [1.29, 1.82) is 0 Å². The fraction of sp³-hybridized carbons (Fsp3) is 0.214. The number of aliphatic imine (C=N–C) groups is 1. The largest absolute Gasteiger partial charge is 0.369 e. The topological polar surface area (TPSA) is 66.1 Å². The molecule has 6 rings (SSSR count). The van der Waals surface area contributed by atoms with Crippen LogP contribution in [0.25, 0.3) is 23.0 Å². The SMILES string of the molecule is CCN1CCN(c2ccc(-c3cnc4ccc(/C=C5\SC(c6ccccc6)=NC5=O)nn34)cc2)CC1. The third-order valence-electron chi connectivity index (χ3n) is 6.65. The standard InChI is InChI=1S/C28H26N6OS/c1-2-32-14-16-33(17-15-32)23-11-8-20(9-12-23)24-19-29-26-13-10-22(31-34(24)26)18-25-27(35)30-28(36-25)21-6-4-3-5-7-21/h3-13,18-19H,2,14-17H2,1H3/b25-18-. The van der Waals surface area contributed by atoms with Gasteiger partial charge >= 0.3 is 0 Å². The molecule has 8 heteroatoms. The van der Waals surface area contributed by atoms with Crippen LogP contribution in [0.2, 0.25) is 0 Å². The molecule has 1 saturated heterocycles. The van der Waals surface area contributed by atoms with Crippen LogP contribution in [0.3, 0.4) is 0 Å². The summed E-state index contributed by atoms with van der Waals surface area (Å²) in [6.45, 7) is 7.64. The van der Waals surface area contributed by atoms with Gasteiger partial charge in [0.15, 0.2) is 5.65 Å². The zero-order chi connectivity index (χ0) is 24.5. The van der Waals surface area contributed by atoms with E-state index in [9.17, 15) is 4.79 Å². The first-order valence-electron chi connectivity index (χ1n) is 12.2. The van der Waals surface area contributed by atoms with Crippen LogP contribution in [-0.4, -0.2) is 63.2 Å². The average Bonchev–Trinajstić information content (AvgIpc) is 3.52. The number of aromatic nitrogens is 3. The summed E-state index contributed by atoms with van der Waals surface area (Å²) in [5.41, 5.74) is 5.60. The first-order valence-corrected chi connectivity index (χ1v) is 13.0. The lowest BCUT2D eigenvalue weighted by Gasteiger charge is -2.35. The van der Waals surface area contributed by atoms with Gasteiger partial charge in [0.1, 0.15) is 5.04 Å². The minimum absolute atomic E-state index is 0.234. The first kappa shape index (κ1) is 22.7. The van der Waals surface area contributed by atoms with Gasteiger partial charge in [0, 0.05) is 43.0 Å². The van der Waals surface area contributed by atoms with E-state index in [1.54, 1.807) is 6.08 Å². The normalized spacial score (nSPS) is 17.8. The lowest BCUT2D eigenvalue weighted by atomic mass is 10.1. The Morgan fingerprint density at radius 3 is 2.44 bits per heavy atom. The number of nitrogens with zero attached hydrogens (tertiary/aromatic N) is 6. The number of carbonyl (C=O) groups excluding carboxylic acids is 1. The average molecular weight is 495 g/mol. The van der Waals surface area contributed by atoms with Crippen molar-refractivity contribution in [1.82, 2.24) is 19.5 Å². The van der Waals surface area contributed by atoms with Crippen LogP contribution >= 0.6 is 11.8 Å². The molecule has 2 aliphatic rings. The van der Waals surface area contributed by atoms with Crippen LogP contribution in [0, 0.1) is 0 Å². The number of hydrogen-bond donors (Lipinski definition) is 0. The van der Waals surface area contributed by atoms with E-state index in [0.29, 0.717) is 15.6 Å². The summed E-state index contributed by atoms with van der Waals surface area (Å²) < 4.78 is 1.84. The molecule has 180 valence electrons. The molecule has 1 amide bonds. The summed E-state index contributed by atoms with van der Waals surface area (Å²) >= 11 is 1.38. The number of fused-ring (bicyclic) bond motifs is 1. The zero-order valence-corrected chi connectivity index (χ0v) is 20.9. The summed E-state index contributed by atoms with van der Waals surface area (Å²) in [7, 11) is 0. The van der Waals surface area contributed by atoms with Gasteiger partial charge in [-0.1, -0.05) is 61.2 Å². The number of benzene rings is 2. The number of carbonyl (C=O) groups is 1. The Hall–Kier alpha value is -3.75. The van der Waals surface area contributed by atoms with E-state index < -0.39 is 0 Å². The minimum Gasteiger partial charge on any atom is -0.369 e. The van der Waals surface area contributed by atoms with Crippen molar-refractivity contribution in [2.45, 2.75) is 6.92 Å². The number of piperazine rings is 1. The molecule has 2 aliphatic heterocycles. The van der Waals surface area contributed by atoms with Gasteiger partial charge in [-0.15, -0.1) is 0 Å². The second-order valence-electron chi connectivity index (χ2n) is 8.84. The van der Waals surface area contributed by atoms with Crippen molar-refractivity contribution in [2.75, 3.05) is 37.6 Å².